The number of hydrogen-bond donors (Lipinski definition) is 2. The van der Waals surface area contributed by atoms with Gasteiger partial charge in [-0.25, -0.2) is 0 Å². The fraction of sp³-hybridized carbons (Fsp3) is 0.375. The molecule has 3 rings (SSSR count). The fourth-order valence-electron chi connectivity index (χ4n) is 2.99. The molecule has 1 heterocycles. The van der Waals surface area contributed by atoms with E-state index in [1.54, 1.807) is 0 Å². The predicted octanol–water partition coefficient (Wildman–Crippen LogP) is 3.87. The van der Waals surface area contributed by atoms with Gasteiger partial charge < -0.3 is 10.1 Å². The third-order valence-electron chi connectivity index (χ3n) is 4.08. The molecule has 0 aliphatic heterocycles. The van der Waals surface area contributed by atoms with Gasteiger partial charge in [0.05, 0.1) is 5.56 Å². The first-order valence-electron chi connectivity index (χ1n) is 7.16. The van der Waals surface area contributed by atoms with Crippen molar-refractivity contribution in [3.63, 3.8) is 0 Å². The van der Waals surface area contributed by atoms with Crippen LogP contribution in [0.3, 0.4) is 0 Å². The third kappa shape index (κ3) is 2.75. The van der Waals surface area contributed by atoms with E-state index in [-0.39, 0.29) is 17.4 Å². The van der Waals surface area contributed by atoms with Gasteiger partial charge in [-0.05, 0) is 43.4 Å². The summed E-state index contributed by atoms with van der Waals surface area (Å²) in [6.45, 7) is 1.99. The van der Waals surface area contributed by atoms with Crippen molar-refractivity contribution in [1.82, 2.24) is 9.97 Å². The molecule has 0 atom stereocenters. The molecule has 0 spiro atoms. The van der Waals surface area contributed by atoms with Crippen molar-refractivity contribution < 1.29 is 5.11 Å². The van der Waals surface area contributed by atoms with Gasteiger partial charge in [-0.1, -0.05) is 34.8 Å². The topological polar surface area (TPSA) is 66.0 Å². The zero-order valence-electron chi connectivity index (χ0n) is 11.8. The van der Waals surface area contributed by atoms with E-state index in [0.717, 1.165) is 41.3 Å². The van der Waals surface area contributed by atoms with E-state index >= 15 is 0 Å². The second-order valence-electron chi connectivity index (χ2n) is 5.62. The molecule has 0 bridgehead atoms. The molecule has 1 saturated carbocycles. The Kier molecular flexibility index (Phi) is 3.85. The molecule has 1 aromatic heterocycles. The largest absolute Gasteiger partial charge is 0.493 e. The Labute approximate surface area is 131 Å². The number of H-pyrrole nitrogens is 1. The summed E-state index contributed by atoms with van der Waals surface area (Å²) >= 11 is 3.47. The maximum atomic E-state index is 12.3. The molecule has 0 saturated heterocycles. The SMILES string of the molecule is Cc1ccc(-c2nc(O)c(C3CCCC3)c(=O)[nH]2)c(Br)c1. The molecule has 21 heavy (non-hydrogen) atoms. The Morgan fingerprint density at radius 1 is 1.33 bits per heavy atom. The van der Waals surface area contributed by atoms with Crippen LogP contribution in [0.25, 0.3) is 11.4 Å². The molecule has 110 valence electrons. The molecular formula is C16H17BrN2O2. The number of nitrogens with one attached hydrogen (secondary N) is 1. The van der Waals surface area contributed by atoms with Gasteiger partial charge in [-0.15, -0.1) is 0 Å². The van der Waals surface area contributed by atoms with Crippen LogP contribution >= 0.6 is 15.9 Å². The number of aryl methyl sites for hydroxylation is 1. The van der Waals surface area contributed by atoms with Gasteiger partial charge in [0.1, 0.15) is 5.82 Å². The molecular weight excluding hydrogens is 332 g/mol. The molecule has 0 amide bonds. The predicted molar refractivity (Wildman–Crippen MR) is 85.6 cm³/mol. The number of nitrogens with zero attached hydrogens (tertiary/aromatic N) is 1. The lowest BCUT2D eigenvalue weighted by atomic mass is 10.00. The van der Waals surface area contributed by atoms with E-state index < -0.39 is 0 Å². The molecule has 4 nitrogen and oxygen atoms in total. The average molecular weight is 349 g/mol. The van der Waals surface area contributed by atoms with Crippen molar-refractivity contribution in [3.8, 4) is 17.3 Å². The Hall–Kier alpha value is -1.62. The Bertz CT molecular complexity index is 734. The second-order valence-corrected chi connectivity index (χ2v) is 6.47. The van der Waals surface area contributed by atoms with Crippen LogP contribution in [-0.4, -0.2) is 15.1 Å². The van der Waals surface area contributed by atoms with Crippen molar-refractivity contribution in [3.05, 3.63) is 44.2 Å². The van der Waals surface area contributed by atoms with Crippen molar-refractivity contribution >= 4 is 15.9 Å². The highest BCUT2D eigenvalue weighted by Gasteiger charge is 2.25. The summed E-state index contributed by atoms with van der Waals surface area (Å²) in [6.07, 6.45) is 4.11. The maximum Gasteiger partial charge on any atom is 0.258 e. The molecule has 2 aromatic rings. The lowest BCUT2D eigenvalue weighted by Crippen LogP contribution is -2.17. The number of halogens is 1. The van der Waals surface area contributed by atoms with E-state index in [2.05, 4.69) is 25.9 Å². The molecule has 5 heteroatoms. The quantitative estimate of drug-likeness (QED) is 0.865. The summed E-state index contributed by atoms with van der Waals surface area (Å²) in [5.41, 5.74) is 2.10. The van der Waals surface area contributed by atoms with Crippen molar-refractivity contribution in [2.45, 2.75) is 38.5 Å². The van der Waals surface area contributed by atoms with Crippen LogP contribution in [0.2, 0.25) is 0 Å². The Balaban J connectivity index is 2.07. The molecule has 0 radical (unpaired) electrons. The summed E-state index contributed by atoms with van der Waals surface area (Å²) in [5, 5.41) is 10.2. The highest BCUT2D eigenvalue weighted by molar-refractivity contribution is 9.10. The molecule has 1 aliphatic carbocycles. The minimum Gasteiger partial charge on any atom is -0.493 e. The van der Waals surface area contributed by atoms with Crippen LogP contribution < -0.4 is 5.56 Å². The van der Waals surface area contributed by atoms with Crippen molar-refractivity contribution in [2.24, 2.45) is 0 Å². The standard InChI is InChI=1S/C16H17BrN2O2/c1-9-6-7-11(12(17)8-9)14-18-15(20)13(16(21)19-14)10-4-2-3-5-10/h6-8,10H,2-5H2,1H3,(H2,18,19,20,21). The van der Waals surface area contributed by atoms with E-state index in [1.807, 2.05) is 25.1 Å². The number of aromatic hydroxyl groups is 1. The zero-order chi connectivity index (χ0) is 15.0. The molecule has 2 N–H and O–H groups in total. The summed E-state index contributed by atoms with van der Waals surface area (Å²) in [6, 6.07) is 5.78. The fourth-order valence-corrected chi connectivity index (χ4v) is 3.67. The first-order chi connectivity index (χ1) is 10.1. The number of benzene rings is 1. The second kappa shape index (κ2) is 5.64. The van der Waals surface area contributed by atoms with Crippen LogP contribution in [0, 0.1) is 6.92 Å². The minimum atomic E-state index is -0.225. The van der Waals surface area contributed by atoms with E-state index in [1.165, 1.54) is 0 Å². The van der Waals surface area contributed by atoms with E-state index in [9.17, 15) is 9.90 Å². The van der Waals surface area contributed by atoms with Gasteiger partial charge >= 0.3 is 0 Å². The lowest BCUT2D eigenvalue weighted by Gasteiger charge is -2.12. The number of rotatable bonds is 2. The summed E-state index contributed by atoms with van der Waals surface area (Å²) < 4.78 is 0.846. The summed E-state index contributed by atoms with van der Waals surface area (Å²) in [7, 11) is 0. The van der Waals surface area contributed by atoms with Gasteiger partial charge in [-0.3, -0.25) is 4.79 Å². The molecule has 1 fully saturated rings. The maximum absolute atomic E-state index is 12.3. The lowest BCUT2D eigenvalue weighted by molar-refractivity contribution is 0.436. The average Bonchev–Trinajstić information content (AvgIpc) is 2.91. The Morgan fingerprint density at radius 2 is 2.05 bits per heavy atom. The van der Waals surface area contributed by atoms with Gasteiger partial charge in [0, 0.05) is 10.0 Å². The minimum absolute atomic E-state index is 0.131. The number of hydrogen-bond acceptors (Lipinski definition) is 3. The van der Waals surface area contributed by atoms with Gasteiger partial charge in [-0.2, -0.15) is 4.98 Å². The Morgan fingerprint density at radius 3 is 2.67 bits per heavy atom. The van der Waals surface area contributed by atoms with E-state index in [4.69, 9.17) is 0 Å². The molecule has 1 aromatic carbocycles. The monoisotopic (exact) mass is 348 g/mol. The normalized spacial score (nSPS) is 15.5. The van der Waals surface area contributed by atoms with Crippen LogP contribution in [0.5, 0.6) is 5.88 Å². The summed E-state index contributed by atoms with van der Waals surface area (Å²) in [4.78, 5) is 19.4. The van der Waals surface area contributed by atoms with Gasteiger partial charge in [0.15, 0.2) is 0 Å². The number of aromatic amines is 1. The van der Waals surface area contributed by atoms with Crippen LogP contribution in [-0.2, 0) is 0 Å². The smallest absolute Gasteiger partial charge is 0.258 e. The van der Waals surface area contributed by atoms with E-state index in [0.29, 0.717) is 11.4 Å². The first kappa shape index (κ1) is 14.3. The van der Waals surface area contributed by atoms with Crippen molar-refractivity contribution in [2.75, 3.05) is 0 Å². The van der Waals surface area contributed by atoms with Crippen LogP contribution in [0.4, 0.5) is 0 Å². The van der Waals surface area contributed by atoms with Crippen LogP contribution in [0.15, 0.2) is 27.5 Å². The highest BCUT2D eigenvalue weighted by Crippen LogP contribution is 2.36. The first-order valence-corrected chi connectivity index (χ1v) is 7.95. The number of aromatic nitrogens is 2. The van der Waals surface area contributed by atoms with Gasteiger partial charge in [0.25, 0.3) is 5.56 Å². The summed E-state index contributed by atoms with van der Waals surface area (Å²) in [5.74, 6) is 0.399. The highest BCUT2D eigenvalue weighted by atomic mass is 79.9. The zero-order valence-corrected chi connectivity index (χ0v) is 13.4. The van der Waals surface area contributed by atoms with Crippen molar-refractivity contribution in [1.29, 1.82) is 0 Å². The molecule has 1 aliphatic rings. The molecule has 0 unspecified atom stereocenters. The van der Waals surface area contributed by atoms with Gasteiger partial charge in [0.2, 0.25) is 5.88 Å². The third-order valence-corrected chi connectivity index (χ3v) is 4.73. The van der Waals surface area contributed by atoms with Crippen LogP contribution in [0.1, 0.15) is 42.7 Å².